The second kappa shape index (κ2) is 4.94. The number of hydrogen-bond acceptors (Lipinski definition) is 4. The van der Waals surface area contributed by atoms with Gasteiger partial charge in [0.25, 0.3) is 5.91 Å². The summed E-state index contributed by atoms with van der Waals surface area (Å²) >= 11 is 0. The first-order chi connectivity index (χ1) is 7.42. The van der Waals surface area contributed by atoms with Gasteiger partial charge in [-0.2, -0.15) is 0 Å². The van der Waals surface area contributed by atoms with Gasteiger partial charge in [-0.05, 0) is 17.5 Å². The van der Waals surface area contributed by atoms with Crippen LogP contribution in [0, 0.1) is 5.41 Å². The van der Waals surface area contributed by atoms with Gasteiger partial charge in [-0.3, -0.25) is 4.79 Å². The van der Waals surface area contributed by atoms with Crippen molar-refractivity contribution in [2.45, 2.75) is 20.8 Å². The van der Waals surface area contributed by atoms with Crippen LogP contribution in [0.25, 0.3) is 0 Å². The molecule has 0 fully saturated rings. The Hall–Kier alpha value is -1.62. The summed E-state index contributed by atoms with van der Waals surface area (Å²) in [4.78, 5) is 15.7. The van der Waals surface area contributed by atoms with Crippen LogP contribution in [0.1, 0.15) is 31.1 Å². The summed E-state index contributed by atoms with van der Waals surface area (Å²) in [5.41, 5.74) is 3.01. The average molecular weight is 222 g/mol. The molecule has 88 valence electrons. The number of nitrogens with zero attached hydrogens (tertiary/aromatic N) is 1. The molecule has 0 bridgehead atoms. The molecule has 0 aromatic carbocycles. The molecule has 5 nitrogen and oxygen atoms in total. The lowest BCUT2D eigenvalue weighted by Gasteiger charge is -2.18. The van der Waals surface area contributed by atoms with Gasteiger partial charge in [0.05, 0.1) is 5.56 Å². The Morgan fingerprint density at radius 2 is 2.12 bits per heavy atom. The van der Waals surface area contributed by atoms with Gasteiger partial charge in [0.2, 0.25) is 0 Å². The zero-order valence-corrected chi connectivity index (χ0v) is 9.87. The minimum Gasteiger partial charge on any atom is -0.351 e. The Morgan fingerprint density at radius 3 is 2.56 bits per heavy atom. The number of nitrogens with two attached hydrogens (primary N) is 1. The number of pyridine rings is 1. The van der Waals surface area contributed by atoms with Crippen LogP contribution in [0.2, 0.25) is 0 Å². The number of hydrogen-bond donors (Lipinski definition) is 3. The molecular formula is C11H18N4O. The van der Waals surface area contributed by atoms with E-state index in [1.807, 2.05) is 0 Å². The van der Waals surface area contributed by atoms with Crippen LogP contribution in [0.3, 0.4) is 0 Å². The van der Waals surface area contributed by atoms with Crippen molar-refractivity contribution in [1.82, 2.24) is 10.3 Å². The van der Waals surface area contributed by atoms with E-state index in [9.17, 15) is 4.79 Å². The van der Waals surface area contributed by atoms with Gasteiger partial charge in [0.15, 0.2) is 0 Å². The Balaban J connectivity index is 2.59. The molecule has 0 atom stereocenters. The molecule has 1 amide bonds. The second-order valence-electron chi connectivity index (χ2n) is 4.82. The molecule has 0 saturated heterocycles. The predicted octanol–water partition coefficient (Wildman–Crippen LogP) is 1.14. The maximum atomic E-state index is 11.7. The first-order valence-electron chi connectivity index (χ1n) is 5.13. The number of carbonyl (C=O) groups is 1. The largest absolute Gasteiger partial charge is 0.351 e. The highest BCUT2D eigenvalue weighted by molar-refractivity contribution is 5.94. The van der Waals surface area contributed by atoms with Crippen molar-refractivity contribution < 1.29 is 4.79 Å². The highest BCUT2D eigenvalue weighted by Crippen LogP contribution is 2.11. The summed E-state index contributed by atoms with van der Waals surface area (Å²) in [5.74, 6) is 5.59. The van der Waals surface area contributed by atoms with Gasteiger partial charge in [0.1, 0.15) is 5.82 Å². The van der Waals surface area contributed by atoms with Crippen LogP contribution >= 0.6 is 0 Å². The van der Waals surface area contributed by atoms with E-state index in [-0.39, 0.29) is 11.3 Å². The summed E-state index contributed by atoms with van der Waals surface area (Å²) in [6, 6.07) is 3.34. The standard InChI is InChI=1S/C11H18N4O/c1-11(2,3)7-14-10(16)8-4-5-9(15-12)13-6-8/h4-6H,7,12H2,1-3H3,(H,13,15)(H,14,16). The fraction of sp³-hybridized carbons (Fsp3) is 0.455. The molecule has 0 unspecified atom stereocenters. The Bertz CT molecular complexity index is 353. The molecule has 0 saturated carbocycles. The van der Waals surface area contributed by atoms with E-state index in [0.717, 1.165) is 0 Å². The topological polar surface area (TPSA) is 80.0 Å². The van der Waals surface area contributed by atoms with Crippen molar-refractivity contribution >= 4 is 11.7 Å². The van der Waals surface area contributed by atoms with Crippen LogP contribution in [0.5, 0.6) is 0 Å². The van der Waals surface area contributed by atoms with E-state index < -0.39 is 0 Å². The molecule has 0 aliphatic carbocycles. The predicted molar refractivity (Wildman–Crippen MR) is 63.8 cm³/mol. The lowest BCUT2D eigenvalue weighted by molar-refractivity contribution is 0.0939. The maximum absolute atomic E-state index is 11.7. The summed E-state index contributed by atoms with van der Waals surface area (Å²) < 4.78 is 0. The molecule has 0 aliphatic heterocycles. The smallest absolute Gasteiger partial charge is 0.252 e. The van der Waals surface area contributed by atoms with Crippen molar-refractivity contribution in [3.63, 3.8) is 0 Å². The molecule has 1 rings (SSSR count). The van der Waals surface area contributed by atoms with Gasteiger partial charge < -0.3 is 10.7 Å². The summed E-state index contributed by atoms with van der Waals surface area (Å²) in [6.07, 6.45) is 1.49. The lowest BCUT2D eigenvalue weighted by Crippen LogP contribution is -2.32. The molecule has 4 N–H and O–H groups in total. The lowest BCUT2D eigenvalue weighted by atomic mass is 9.97. The van der Waals surface area contributed by atoms with Crippen LogP contribution in [0.4, 0.5) is 5.82 Å². The Kier molecular flexibility index (Phi) is 3.84. The van der Waals surface area contributed by atoms with Crippen molar-refractivity contribution in [2.24, 2.45) is 11.3 Å². The third-order valence-electron chi connectivity index (χ3n) is 1.95. The molecule has 1 heterocycles. The van der Waals surface area contributed by atoms with Gasteiger partial charge in [-0.1, -0.05) is 20.8 Å². The fourth-order valence-electron chi connectivity index (χ4n) is 1.06. The molecule has 0 radical (unpaired) electrons. The normalized spacial score (nSPS) is 11.0. The van der Waals surface area contributed by atoms with Crippen molar-refractivity contribution in [3.8, 4) is 0 Å². The number of hydrazine groups is 1. The van der Waals surface area contributed by atoms with E-state index in [1.165, 1.54) is 6.20 Å². The minimum atomic E-state index is -0.119. The van der Waals surface area contributed by atoms with E-state index >= 15 is 0 Å². The molecule has 1 aromatic rings. The molecule has 1 aromatic heterocycles. The number of carbonyl (C=O) groups excluding carboxylic acids is 1. The number of aromatic nitrogens is 1. The SMILES string of the molecule is CC(C)(C)CNC(=O)c1ccc(NN)nc1. The Labute approximate surface area is 95.4 Å². The van der Waals surface area contributed by atoms with Gasteiger partial charge in [-0.15, -0.1) is 0 Å². The second-order valence-corrected chi connectivity index (χ2v) is 4.82. The average Bonchev–Trinajstić information content (AvgIpc) is 2.25. The first-order valence-corrected chi connectivity index (χ1v) is 5.13. The molecular weight excluding hydrogens is 204 g/mol. The molecule has 0 spiro atoms. The number of amides is 1. The first kappa shape index (κ1) is 12.4. The number of anilines is 1. The van der Waals surface area contributed by atoms with Crippen LogP contribution < -0.4 is 16.6 Å². The van der Waals surface area contributed by atoms with Gasteiger partial charge in [-0.25, -0.2) is 10.8 Å². The summed E-state index contributed by atoms with van der Waals surface area (Å²) in [5, 5.41) is 2.85. The summed E-state index contributed by atoms with van der Waals surface area (Å²) in [7, 11) is 0. The van der Waals surface area contributed by atoms with Gasteiger partial charge >= 0.3 is 0 Å². The van der Waals surface area contributed by atoms with Crippen molar-refractivity contribution in [3.05, 3.63) is 23.9 Å². The van der Waals surface area contributed by atoms with Crippen LogP contribution in [0.15, 0.2) is 18.3 Å². The third-order valence-corrected chi connectivity index (χ3v) is 1.95. The zero-order valence-electron chi connectivity index (χ0n) is 9.87. The fourth-order valence-corrected chi connectivity index (χ4v) is 1.06. The van der Waals surface area contributed by atoms with Crippen molar-refractivity contribution in [2.75, 3.05) is 12.0 Å². The van der Waals surface area contributed by atoms with Gasteiger partial charge in [0, 0.05) is 12.7 Å². The molecule has 0 aliphatic rings. The summed E-state index contributed by atoms with van der Waals surface area (Å²) in [6.45, 7) is 6.82. The minimum absolute atomic E-state index is 0.0713. The zero-order chi connectivity index (χ0) is 12.2. The quantitative estimate of drug-likeness (QED) is 0.529. The van der Waals surface area contributed by atoms with E-state index in [4.69, 9.17) is 5.84 Å². The number of nitrogen functional groups attached to an aromatic ring is 1. The van der Waals surface area contributed by atoms with E-state index in [1.54, 1.807) is 12.1 Å². The highest BCUT2D eigenvalue weighted by atomic mass is 16.1. The monoisotopic (exact) mass is 222 g/mol. The Morgan fingerprint density at radius 1 is 1.44 bits per heavy atom. The third kappa shape index (κ3) is 3.86. The molecule has 16 heavy (non-hydrogen) atoms. The molecule has 5 heteroatoms. The van der Waals surface area contributed by atoms with Crippen molar-refractivity contribution in [1.29, 1.82) is 0 Å². The van der Waals surface area contributed by atoms with E-state index in [2.05, 4.69) is 36.5 Å². The maximum Gasteiger partial charge on any atom is 0.252 e. The number of nitrogens with one attached hydrogen (secondary N) is 2. The highest BCUT2D eigenvalue weighted by Gasteiger charge is 2.13. The van der Waals surface area contributed by atoms with E-state index in [0.29, 0.717) is 17.9 Å². The van der Waals surface area contributed by atoms with Crippen LogP contribution in [-0.2, 0) is 0 Å². The van der Waals surface area contributed by atoms with Crippen LogP contribution in [-0.4, -0.2) is 17.4 Å². The number of rotatable bonds is 3.